The summed E-state index contributed by atoms with van der Waals surface area (Å²) in [5, 5.41) is 2.87. The summed E-state index contributed by atoms with van der Waals surface area (Å²) in [5.74, 6) is 2.54. The molecule has 0 atom stereocenters. The van der Waals surface area contributed by atoms with Crippen molar-refractivity contribution in [3.63, 3.8) is 0 Å². The van der Waals surface area contributed by atoms with E-state index in [0.29, 0.717) is 11.3 Å². The lowest BCUT2D eigenvalue weighted by atomic mass is 10.1. The minimum atomic E-state index is -0.224. The van der Waals surface area contributed by atoms with Gasteiger partial charge >= 0.3 is 0 Å². The zero-order valence-electron chi connectivity index (χ0n) is 16.1. The van der Waals surface area contributed by atoms with Gasteiger partial charge in [0.1, 0.15) is 5.75 Å². The van der Waals surface area contributed by atoms with Gasteiger partial charge in [0.25, 0.3) is 5.91 Å². The van der Waals surface area contributed by atoms with Crippen LogP contribution in [0.1, 0.15) is 21.5 Å². The number of amides is 2. The van der Waals surface area contributed by atoms with Crippen LogP contribution in [0.3, 0.4) is 0 Å². The van der Waals surface area contributed by atoms with Gasteiger partial charge in [0.2, 0.25) is 5.91 Å². The van der Waals surface area contributed by atoms with Crippen molar-refractivity contribution in [3.8, 4) is 5.75 Å². The van der Waals surface area contributed by atoms with Crippen molar-refractivity contribution in [2.75, 3.05) is 37.0 Å². The molecule has 5 nitrogen and oxygen atoms in total. The molecule has 0 radical (unpaired) electrons. The van der Waals surface area contributed by atoms with Gasteiger partial charge < -0.3 is 15.0 Å². The number of hydrogen-bond acceptors (Lipinski definition) is 4. The number of aryl methyl sites for hydroxylation is 1. The maximum Gasteiger partial charge on any atom is 0.253 e. The topological polar surface area (TPSA) is 58.6 Å². The Balaban J connectivity index is 1.64. The minimum Gasteiger partial charge on any atom is -0.497 e. The minimum absolute atomic E-state index is 0.0548. The smallest absolute Gasteiger partial charge is 0.253 e. The summed E-state index contributed by atoms with van der Waals surface area (Å²) < 4.78 is 5.18. The van der Waals surface area contributed by atoms with E-state index in [2.05, 4.69) is 5.32 Å². The van der Waals surface area contributed by atoms with Crippen LogP contribution >= 0.6 is 11.8 Å². The number of hydrogen-bond donors (Lipinski definition) is 1. The molecule has 2 amide bonds. The van der Waals surface area contributed by atoms with Crippen LogP contribution in [0.4, 0.5) is 5.69 Å². The number of ether oxygens (including phenoxy) is 1. The van der Waals surface area contributed by atoms with Crippen LogP contribution in [0.25, 0.3) is 6.08 Å². The first-order chi connectivity index (χ1) is 13.6. The highest BCUT2D eigenvalue weighted by Gasteiger charge is 2.18. The van der Waals surface area contributed by atoms with Crippen LogP contribution in [-0.2, 0) is 4.79 Å². The summed E-state index contributed by atoms with van der Waals surface area (Å²) in [6.45, 7) is 3.47. The Labute approximate surface area is 169 Å². The van der Waals surface area contributed by atoms with E-state index in [1.165, 1.54) is 6.08 Å². The van der Waals surface area contributed by atoms with Crippen LogP contribution in [0.5, 0.6) is 5.75 Å². The van der Waals surface area contributed by atoms with E-state index >= 15 is 0 Å². The molecular weight excluding hydrogens is 372 g/mol. The molecule has 0 bridgehead atoms. The summed E-state index contributed by atoms with van der Waals surface area (Å²) in [4.78, 5) is 26.7. The molecule has 146 valence electrons. The van der Waals surface area contributed by atoms with Crippen LogP contribution < -0.4 is 10.1 Å². The molecule has 2 aromatic carbocycles. The summed E-state index contributed by atoms with van der Waals surface area (Å²) in [6, 6.07) is 12.9. The van der Waals surface area contributed by atoms with Gasteiger partial charge in [-0.05, 0) is 54.5 Å². The zero-order chi connectivity index (χ0) is 19.9. The normalized spacial score (nSPS) is 14.1. The molecule has 28 heavy (non-hydrogen) atoms. The fourth-order valence-electron chi connectivity index (χ4n) is 2.98. The molecule has 2 aromatic rings. The molecule has 1 fully saturated rings. The Morgan fingerprint density at radius 3 is 2.64 bits per heavy atom. The summed E-state index contributed by atoms with van der Waals surface area (Å²) >= 11 is 1.87. The molecule has 0 saturated carbocycles. The Bertz CT molecular complexity index is 889. The molecule has 1 heterocycles. The highest BCUT2D eigenvalue weighted by atomic mass is 32.2. The van der Waals surface area contributed by atoms with E-state index in [9.17, 15) is 9.59 Å². The molecule has 1 saturated heterocycles. The predicted molar refractivity (Wildman–Crippen MR) is 115 cm³/mol. The second-order valence-corrected chi connectivity index (χ2v) is 7.76. The molecular formula is C22H24N2O3S. The number of thioether (sulfide) groups is 1. The lowest BCUT2D eigenvalue weighted by molar-refractivity contribution is -0.111. The van der Waals surface area contributed by atoms with Gasteiger partial charge in [-0.1, -0.05) is 12.1 Å². The number of carbonyl (C=O) groups excluding carboxylic acids is 2. The fourth-order valence-corrected chi connectivity index (χ4v) is 3.88. The van der Waals surface area contributed by atoms with E-state index in [4.69, 9.17) is 4.74 Å². The van der Waals surface area contributed by atoms with Crippen LogP contribution in [0, 0.1) is 6.92 Å². The second kappa shape index (κ2) is 9.46. The number of methoxy groups -OCH3 is 1. The molecule has 1 N–H and O–H groups in total. The van der Waals surface area contributed by atoms with Crippen molar-refractivity contribution in [1.82, 2.24) is 4.90 Å². The number of carbonyl (C=O) groups is 2. The average Bonchev–Trinajstić information content (AvgIpc) is 2.74. The van der Waals surface area contributed by atoms with E-state index in [0.717, 1.165) is 41.5 Å². The van der Waals surface area contributed by atoms with Crippen LogP contribution in [-0.4, -0.2) is 48.4 Å². The lowest BCUT2D eigenvalue weighted by Crippen LogP contribution is -2.37. The SMILES string of the molecule is COc1cccc(/C=C/C(=O)Nc2ccc(C(=O)N3CCSCC3)cc2C)c1. The predicted octanol–water partition coefficient (Wildman–Crippen LogP) is 3.84. The monoisotopic (exact) mass is 396 g/mol. The maximum atomic E-state index is 12.6. The molecule has 0 aliphatic carbocycles. The summed E-state index contributed by atoms with van der Waals surface area (Å²) in [5.41, 5.74) is 3.10. The van der Waals surface area contributed by atoms with Gasteiger partial charge in [0, 0.05) is 41.9 Å². The third-order valence-electron chi connectivity index (χ3n) is 4.55. The van der Waals surface area contributed by atoms with Gasteiger partial charge in [-0.25, -0.2) is 0 Å². The highest BCUT2D eigenvalue weighted by Crippen LogP contribution is 2.20. The number of rotatable bonds is 5. The van der Waals surface area contributed by atoms with Crippen molar-refractivity contribution in [2.45, 2.75) is 6.92 Å². The average molecular weight is 397 g/mol. The third kappa shape index (κ3) is 5.16. The van der Waals surface area contributed by atoms with Gasteiger partial charge in [0.05, 0.1) is 7.11 Å². The maximum absolute atomic E-state index is 12.6. The van der Waals surface area contributed by atoms with Gasteiger partial charge in [-0.3, -0.25) is 9.59 Å². The molecule has 0 spiro atoms. The van der Waals surface area contributed by atoms with Crippen molar-refractivity contribution >= 4 is 35.3 Å². The highest BCUT2D eigenvalue weighted by molar-refractivity contribution is 7.99. The van der Waals surface area contributed by atoms with E-state index in [1.807, 2.05) is 53.9 Å². The van der Waals surface area contributed by atoms with E-state index in [1.54, 1.807) is 25.3 Å². The van der Waals surface area contributed by atoms with Crippen LogP contribution in [0.2, 0.25) is 0 Å². The molecule has 0 aromatic heterocycles. The Kier molecular flexibility index (Phi) is 6.76. The van der Waals surface area contributed by atoms with E-state index < -0.39 is 0 Å². The quantitative estimate of drug-likeness (QED) is 0.780. The zero-order valence-corrected chi connectivity index (χ0v) is 16.9. The van der Waals surface area contributed by atoms with Crippen LogP contribution in [0.15, 0.2) is 48.5 Å². The molecule has 6 heteroatoms. The van der Waals surface area contributed by atoms with Crippen molar-refractivity contribution in [2.24, 2.45) is 0 Å². The fraction of sp³-hybridized carbons (Fsp3) is 0.273. The standard InChI is InChI=1S/C22H24N2O3S/c1-16-14-18(22(26)24-10-12-28-13-11-24)7-8-20(16)23-21(25)9-6-17-4-3-5-19(15-17)27-2/h3-9,14-15H,10-13H2,1-2H3,(H,23,25)/b9-6+. The van der Waals surface area contributed by atoms with Gasteiger partial charge in [0.15, 0.2) is 0 Å². The molecule has 1 aliphatic rings. The third-order valence-corrected chi connectivity index (χ3v) is 5.49. The van der Waals surface area contributed by atoms with Gasteiger partial charge in [-0.15, -0.1) is 0 Å². The van der Waals surface area contributed by atoms with Gasteiger partial charge in [-0.2, -0.15) is 11.8 Å². The first kappa shape index (κ1) is 20.0. The van der Waals surface area contributed by atoms with Crippen molar-refractivity contribution in [3.05, 3.63) is 65.2 Å². The van der Waals surface area contributed by atoms with Crippen molar-refractivity contribution < 1.29 is 14.3 Å². The molecule has 3 rings (SSSR count). The number of benzene rings is 2. The van der Waals surface area contributed by atoms with E-state index in [-0.39, 0.29) is 11.8 Å². The van der Waals surface area contributed by atoms with Crippen molar-refractivity contribution in [1.29, 1.82) is 0 Å². The first-order valence-electron chi connectivity index (χ1n) is 9.17. The summed E-state index contributed by atoms with van der Waals surface area (Å²) in [7, 11) is 1.61. The Morgan fingerprint density at radius 1 is 1.14 bits per heavy atom. The second-order valence-electron chi connectivity index (χ2n) is 6.53. The Morgan fingerprint density at radius 2 is 1.93 bits per heavy atom. The Hall–Kier alpha value is -2.73. The molecule has 1 aliphatic heterocycles. The number of anilines is 1. The molecule has 0 unspecified atom stereocenters. The summed E-state index contributed by atoms with van der Waals surface area (Å²) in [6.07, 6.45) is 3.22. The lowest BCUT2D eigenvalue weighted by Gasteiger charge is -2.26. The first-order valence-corrected chi connectivity index (χ1v) is 10.3. The number of nitrogens with zero attached hydrogens (tertiary/aromatic N) is 1. The largest absolute Gasteiger partial charge is 0.497 e. The number of nitrogens with one attached hydrogen (secondary N) is 1.